The Kier molecular flexibility index (Phi) is 7.35. The predicted octanol–water partition coefficient (Wildman–Crippen LogP) is 2.68. The third kappa shape index (κ3) is 6.36. The van der Waals surface area contributed by atoms with Crippen molar-refractivity contribution < 1.29 is 4.79 Å². The molecule has 0 aliphatic heterocycles. The molecule has 1 rings (SSSR count). The molecule has 0 aliphatic rings. The molecule has 0 spiro atoms. The summed E-state index contributed by atoms with van der Waals surface area (Å²) in [4.78, 5) is 19.4. The van der Waals surface area contributed by atoms with Crippen LogP contribution in [0.4, 0.5) is 0 Å². The van der Waals surface area contributed by atoms with Crippen molar-refractivity contribution in [1.29, 1.82) is 0 Å². The molecule has 0 radical (unpaired) electrons. The Balaban J connectivity index is 2.37. The summed E-state index contributed by atoms with van der Waals surface area (Å²) in [5, 5.41) is 6.17. The van der Waals surface area contributed by atoms with Crippen LogP contribution in [0, 0.1) is 5.41 Å². The second-order valence-electron chi connectivity index (χ2n) is 6.04. The molecule has 0 saturated carbocycles. The van der Waals surface area contributed by atoms with E-state index in [-0.39, 0.29) is 11.3 Å². The van der Waals surface area contributed by atoms with E-state index in [1.165, 1.54) is 4.88 Å². The fourth-order valence-electron chi connectivity index (χ4n) is 1.75. The molecule has 1 amide bonds. The average Bonchev–Trinajstić information content (AvgIpc) is 2.82. The molecule has 0 aliphatic carbocycles. The Morgan fingerprint density at radius 1 is 1.32 bits per heavy atom. The van der Waals surface area contributed by atoms with Crippen LogP contribution < -0.4 is 10.6 Å². The zero-order valence-corrected chi connectivity index (χ0v) is 16.3. The first-order chi connectivity index (χ1) is 10.2. The normalized spacial score (nSPS) is 12.2. The van der Waals surface area contributed by atoms with Crippen LogP contribution in [0.3, 0.4) is 0 Å². The van der Waals surface area contributed by atoms with Gasteiger partial charge >= 0.3 is 0 Å². The van der Waals surface area contributed by atoms with Gasteiger partial charge in [-0.25, -0.2) is 0 Å². The molecule has 2 N–H and O–H groups in total. The van der Waals surface area contributed by atoms with Crippen LogP contribution in [0.5, 0.6) is 0 Å². The predicted molar refractivity (Wildman–Crippen MR) is 97.3 cm³/mol. The molecule has 0 aromatic carbocycles. The summed E-state index contributed by atoms with van der Waals surface area (Å²) < 4.78 is 1.13. The van der Waals surface area contributed by atoms with Crippen molar-refractivity contribution >= 4 is 39.1 Å². The second-order valence-corrected chi connectivity index (χ2v) is 8.59. The van der Waals surface area contributed by atoms with Crippen molar-refractivity contribution in [2.45, 2.75) is 27.3 Å². The van der Waals surface area contributed by atoms with E-state index in [1.807, 2.05) is 33.9 Å². The lowest BCUT2D eigenvalue weighted by molar-refractivity contribution is -0.128. The van der Waals surface area contributed by atoms with Crippen molar-refractivity contribution in [2.75, 3.05) is 27.2 Å². The molecule has 124 valence electrons. The first-order valence-electron chi connectivity index (χ1n) is 7.18. The second kappa shape index (κ2) is 8.53. The SMILES string of the molecule is CN=C(NCCNC(=O)C(C)(C)C)N(C)Cc1ccc(Br)s1. The maximum atomic E-state index is 11.8. The molecule has 1 heterocycles. The molecular formula is C15H25BrN4OS. The number of carbonyl (C=O) groups excluding carboxylic acids is 1. The number of halogens is 1. The van der Waals surface area contributed by atoms with Crippen LogP contribution >= 0.6 is 27.3 Å². The molecule has 1 aromatic rings. The molecule has 0 atom stereocenters. The number of guanidine groups is 1. The molecule has 7 heteroatoms. The van der Waals surface area contributed by atoms with Gasteiger partial charge in [0.1, 0.15) is 0 Å². The van der Waals surface area contributed by atoms with E-state index in [2.05, 4.69) is 42.5 Å². The van der Waals surface area contributed by atoms with Gasteiger partial charge in [-0.05, 0) is 28.1 Å². The highest BCUT2D eigenvalue weighted by Gasteiger charge is 2.20. The average molecular weight is 389 g/mol. The maximum Gasteiger partial charge on any atom is 0.225 e. The smallest absolute Gasteiger partial charge is 0.225 e. The third-order valence-electron chi connectivity index (χ3n) is 2.97. The Morgan fingerprint density at radius 3 is 2.45 bits per heavy atom. The molecule has 1 aromatic heterocycles. The standard InChI is InChI=1S/C15H25BrN4OS/c1-15(2,3)13(21)18-8-9-19-14(17-4)20(5)10-11-6-7-12(16)22-11/h6-7H,8-10H2,1-5H3,(H,17,19)(H,18,21). The van der Waals surface area contributed by atoms with Crippen LogP contribution in [0.15, 0.2) is 20.9 Å². The monoisotopic (exact) mass is 388 g/mol. The molecule has 0 saturated heterocycles. The van der Waals surface area contributed by atoms with Crippen molar-refractivity contribution in [3.8, 4) is 0 Å². The van der Waals surface area contributed by atoms with Gasteiger partial charge in [-0.3, -0.25) is 9.79 Å². The van der Waals surface area contributed by atoms with Crippen LogP contribution in [0.1, 0.15) is 25.6 Å². The Bertz CT molecular complexity index is 522. The number of hydrogen-bond donors (Lipinski definition) is 2. The molecular weight excluding hydrogens is 364 g/mol. The number of carbonyl (C=O) groups is 1. The highest BCUT2D eigenvalue weighted by Crippen LogP contribution is 2.22. The lowest BCUT2D eigenvalue weighted by Gasteiger charge is -2.22. The van der Waals surface area contributed by atoms with Crippen molar-refractivity contribution in [1.82, 2.24) is 15.5 Å². The number of thiophene rings is 1. The van der Waals surface area contributed by atoms with Gasteiger partial charge in [-0.2, -0.15) is 0 Å². The Morgan fingerprint density at radius 2 is 1.95 bits per heavy atom. The minimum absolute atomic E-state index is 0.0566. The fourth-order valence-corrected chi connectivity index (χ4v) is 3.28. The Hall–Kier alpha value is -1.08. The first-order valence-corrected chi connectivity index (χ1v) is 8.79. The summed E-state index contributed by atoms with van der Waals surface area (Å²) in [6.07, 6.45) is 0. The third-order valence-corrected chi connectivity index (χ3v) is 4.58. The van der Waals surface area contributed by atoms with Gasteiger partial charge in [0.2, 0.25) is 5.91 Å². The summed E-state index contributed by atoms with van der Waals surface area (Å²) in [6.45, 7) is 7.73. The summed E-state index contributed by atoms with van der Waals surface area (Å²) in [5.74, 6) is 0.871. The summed E-state index contributed by atoms with van der Waals surface area (Å²) in [5.41, 5.74) is -0.356. The largest absolute Gasteiger partial charge is 0.354 e. The molecule has 0 bridgehead atoms. The van der Waals surface area contributed by atoms with Crippen LogP contribution in [0.2, 0.25) is 0 Å². The van der Waals surface area contributed by atoms with Gasteiger partial charge in [-0.1, -0.05) is 20.8 Å². The number of nitrogens with one attached hydrogen (secondary N) is 2. The number of nitrogens with zero attached hydrogens (tertiary/aromatic N) is 2. The molecule has 0 fully saturated rings. The van der Waals surface area contributed by atoms with Gasteiger partial charge in [-0.15, -0.1) is 11.3 Å². The molecule has 0 unspecified atom stereocenters. The van der Waals surface area contributed by atoms with Gasteiger partial charge < -0.3 is 15.5 Å². The van der Waals surface area contributed by atoms with Gasteiger partial charge in [0, 0.05) is 37.5 Å². The number of rotatable bonds is 5. The lowest BCUT2D eigenvalue weighted by atomic mass is 9.96. The van der Waals surface area contributed by atoms with E-state index in [9.17, 15) is 4.79 Å². The lowest BCUT2D eigenvalue weighted by Crippen LogP contribution is -2.43. The summed E-state index contributed by atoms with van der Waals surface area (Å²) in [7, 11) is 3.76. The van der Waals surface area contributed by atoms with Crippen molar-refractivity contribution in [3.63, 3.8) is 0 Å². The van der Waals surface area contributed by atoms with E-state index in [0.29, 0.717) is 13.1 Å². The number of hydrogen-bond acceptors (Lipinski definition) is 3. The van der Waals surface area contributed by atoms with E-state index in [0.717, 1.165) is 16.3 Å². The zero-order chi connectivity index (χ0) is 16.8. The van der Waals surface area contributed by atoms with E-state index < -0.39 is 0 Å². The van der Waals surface area contributed by atoms with Crippen molar-refractivity contribution in [2.24, 2.45) is 10.4 Å². The van der Waals surface area contributed by atoms with Crippen LogP contribution in [0.25, 0.3) is 0 Å². The molecule has 22 heavy (non-hydrogen) atoms. The minimum Gasteiger partial charge on any atom is -0.354 e. The van der Waals surface area contributed by atoms with E-state index in [4.69, 9.17) is 0 Å². The quantitative estimate of drug-likeness (QED) is 0.463. The highest BCUT2D eigenvalue weighted by molar-refractivity contribution is 9.11. The maximum absolute atomic E-state index is 11.8. The number of amides is 1. The summed E-state index contributed by atoms with van der Waals surface area (Å²) in [6, 6.07) is 4.15. The highest BCUT2D eigenvalue weighted by atomic mass is 79.9. The molecule has 5 nitrogen and oxygen atoms in total. The van der Waals surface area contributed by atoms with Crippen LogP contribution in [-0.4, -0.2) is 44.0 Å². The summed E-state index contributed by atoms with van der Waals surface area (Å²) >= 11 is 5.19. The number of aliphatic imine (C=N–C) groups is 1. The van der Waals surface area contributed by atoms with E-state index in [1.54, 1.807) is 18.4 Å². The minimum atomic E-state index is -0.356. The zero-order valence-electron chi connectivity index (χ0n) is 13.9. The first kappa shape index (κ1) is 19.0. The van der Waals surface area contributed by atoms with Gasteiger partial charge in [0.15, 0.2) is 5.96 Å². The topological polar surface area (TPSA) is 56.7 Å². The van der Waals surface area contributed by atoms with E-state index >= 15 is 0 Å². The fraction of sp³-hybridized carbons (Fsp3) is 0.600. The van der Waals surface area contributed by atoms with Crippen molar-refractivity contribution in [3.05, 3.63) is 20.8 Å². The van der Waals surface area contributed by atoms with Gasteiger partial charge in [0.05, 0.1) is 10.3 Å². The van der Waals surface area contributed by atoms with Gasteiger partial charge in [0.25, 0.3) is 0 Å². The Labute approximate surface area is 145 Å². The van der Waals surface area contributed by atoms with Crippen LogP contribution in [-0.2, 0) is 11.3 Å².